The van der Waals surface area contributed by atoms with Crippen LogP contribution in [0.1, 0.15) is 47.0 Å². The summed E-state index contributed by atoms with van der Waals surface area (Å²) in [6.45, 7) is 11.0. The fourth-order valence-corrected chi connectivity index (χ4v) is 3.27. The molecule has 0 aliphatic carbocycles. The third-order valence-electron chi connectivity index (χ3n) is 4.43. The van der Waals surface area contributed by atoms with E-state index in [1.807, 2.05) is 20.8 Å². The third-order valence-corrected chi connectivity index (χ3v) is 4.43. The van der Waals surface area contributed by atoms with Gasteiger partial charge >= 0.3 is 12.1 Å². The highest BCUT2D eigenvalue weighted by Gasteiger charge is 2.57. The van der Waals surface area contributed by atoms with Gasteiger partial charge in [0.25, 0.3) is 0 Å². The number of fused-ring (bicyclic) bond motifs is 2. The Bertz CT molecular complexity index is 465. The highest BCUT2D eigenvalue weighted by Crippen LogP contribution is 2.49. The van der Waals surface area contributed by atoms with Gasteiger partial charge < -0.3 is 14.7 Å². The highest BCUT2D eigenvalue weighted by atomic mass is 16.6. The van der Waals surface area contributed by atoms with Crippen molar-refractivity contribution in [2.24, 2.45) is 5.41 Å². The predicted octanol–water partition coefficient (Wildman–Crippen LogP) is 2.81. The molecule has 112 valence electrons. The normalized spacial score (nSPS) is 33.2. The molecule has 5 heteroatoms. The summed E-state index contributed by atoms with van der Waals surface area (Å²) >= 11 is 0. The number of amides is 1. The van der Waals surface area contributed by atoms with Crippen LogP contribution in [0, 0.1) is 5.41 Å². The lowest BCUT2D eigenvalue weighted by atomic mass is 9.72. The summed E-state index contributed by atoms with van der Waals surface area (Å²) in [4.78, 5) is 25.7. The number of hydrogen-bond acceptors (Lipinski definition) is 3. The van der Waals surface area contributed by atoms with Crippen LogP contribution in [0.15, 0.2) is 12.2 Å². The minimum atomic E-state index is -1.08. The van der Waals surface area contributed by atoms with E-state index in [4.69, 9.17) is 4.74 Å². The molecule has 2 aliphatic rings. The lowest BCUT2D eigenvalue weighted by Crippen LogP contribution is -2.57. The van der Waals surface area contributed by atoms with Gasteiger partial charge in [-0.2, -0.15) is 0 Å². The standard InChI is InChI=1S/C15H23NO4/c1-9-8-10-6-7-11(15(9,5)12(17)18)16(10)13(19)20-14(2,3)4/h10-11H,1,6-8H2,2-5H3,(H,17,18)/t10-,11+,15+/m0/s1. The predicted molar refractivity (Wildman–Crippen MR) is 74.4 cm³/mol. The first-order valence-corrected chi connectivity index (χ1v) is 7.00. The number of piperidine rings is 1. The Kier molecular flexibility index (Phi) is 3.35. The van der Waals surface area contributed by atoms with E-state index in [2.05, 4.69) is 6.58 Å². The largest absolute Gasteiger partial charge is 0.481 e. The quantitative estimate of drug-likeness (QED) is 0.750. The number of carbonyl (C=O) groups excluding carboxylic acids is 1. The molecular formula is C15H23NO4. The molecule has 5 nitrogen and oxygen atoms in total. The van der Waals surface area contributed by atoms with E-state index in [0.717, 1.165) is 6.42 Å². The van der Waals surface area contributed by atoms with Crippen LogP contribution in [-0.4, -0.2) is 39.8 Å². The molecule has 0 spiro atoms. The lowest BCUT2D eigenvalue weighted by molar-refractivity contribution is -0.150. The number of carboxylic acids is 1. The first kappa shape index (κ1) is 14.9. The maximum Gasteiger partial charge on any atom is 0.410 e. The molecule has 1 N–H and O–H groups in total. The Hall–Kier alpha value is -1.52. The van der Waals surface area contributed by atoms with E-state index in [1.54, 1.807) is 11.8 Å². The van der Waals surface area contributed by atoms with Crippen LogP contribution in [0.5, 0.6) is 0 Å². The summed E-state index contributed by atoms with van der Waals surface area (Å²) in [5.41, 5.74) is -0.952. The molecule has 2 rings (SSSR count). The number of rotatable bonds is 1. The first-order valence-electron chi connectivity index (χ1n) is 7.00. The fraction of sp³-hybridized carbons (Fsp3) is 0.733. The molecule has 0 radical (unpaired) electrons. The summed E-state index contributed by atoms with van der Waals surface area (Å²) in [5, 5.41) is 9.58. The lowest BCUT2D eigenvalue weighted by Gasteiger charge is -2.45. The molecule has 0 unspecified atom stereocenters. The number of hydrogen-bond donors (Lipinski definition) is 1. The van der Waals surface area contributed by atoms with Gasteiger partial charge in [0.1, 0.15) is 11.0 Å². The average molecular weight is 281 g/mol. The van der Waals surface area contributed by atoms with E-state index in [1.165, 1.54) is 0 Å². The summed E-state index contributed by atoms with van der Waals surface area (Å²) in [6, 6.07) is -0.337. The molecule has 0 saturated carbocycles. The molecule has 2 saturated heterocycles. The molecule has 1 amide bonds. The summed E-state index contributed by atoms with van der Waals surface area (Å²) in [7, 11) is 0. The van der Waals surface area contributed by atoms with Crippen LogP contribution in [0.4, 0.5) is 4.79 Å². The second kappa shape index (κ2) is 4.50. The second-order valence-electron chi connectivity index (χ2n) is 6.95. The van der Waals surface area contributed by atoms with Crippen molar-refractivity contribution >= 4 is 12.1 Å². The Morgan fingerprint density at radius 2 is 2.00 bits per heavy atom. The van der Waals surface area contributed by atoms with Crippen LogP contribution in [-0.2, 0) is 9.53 Å². The van der Waals surface area contributed by atoms with Gasteiger partial charge in [-0.05, 0) is 47.0 Å². The monoisotopic (exact) mass is 281 g/mol. The Morgan fingerprint density at radius 3 is 2.50 bits per heavy atom. The van der Waals surface area contributed by atoms with E-state index in [9.17, 15) is 14.7 Å². The highest BCUT2D eigenvalue weighted by molar-refractivity contribution is 5.82. The maximum absolute atomic E-state index is 12.4. The molecule has 0 aromatic rings. The van der Waals surface area contributed by atoms with E-state index in [-0.39, 0.29) is 12.1 Å². The van der Waals surface area contributed by atoms with Crippen molar-refractivity contribution < 1.29 is 19.4 Å². The van der Waals surface area contributed by atoms with Gasteiger partial charge in [0.15, 0.2) is 0 Å². The van der Waals surface area contributed by atoms with Crippen LogP contribution in [0.3, 0.4) is 0 Å². The summed E-state index contributed by atoms with van der Waals surface area (Å²) < 4.78 is 5.43. The van der Waals surface area contributed by atoms with Gasteiger partial charge in [-0.25, -0.2) is 4.79 Å². The summed E-state index contributed by atoms with van der Waals surface area (Å²) in [5.74, 6) is -0.915. The molecule has 20 heavy (non-hydrogen) atoms. The van der Waals surface area contributed by atoms with Gasteiger partial charge in [0.05, 0.1) is 6.04 Å². The number of nitrogens with zero attached hydrogens (tertiary/aromatic N) is 1. The van der Waals surface area contributed by atoms with E-state index >= 15 is 0 Å². The van der Waals surface area contributed by atoms with E-state index in [0.29, 0.717) is 18.4 Å². The SMILES string of the molecule is C=C1C[C@@H]2CC[C@@H](N2C(=O)OC(C)(C)C)[C@]1(C)C(=O)O. The van der Waals surface area contributed by atoms with Gasteiger partial charge in [0, 0.05) is 6.04 Å². The number of carbonyl (C=O) groups is 2. The number of carboxylic acid groups (broad SMARTS) is 1. The van der Waals surface area contributed by atoms with E-state index < -0.39 is 23.1 Å². The molecule has 2 heterocycles. The van der Waals surface area contributed by atoms with Crippen molar-refractivity contribution in [3.8, 4) is 0 Å². The molecule has 0 aromatic carbocycles. The van der Waals surface area contributed by atoms with Crippen molar-refractivity contribution in [1.29, 1.82) is 0 Å². The fourth-order valence-electron chi connectivity index (χ4n) is 3.27. The van der Waals surface area contributed by atoms with Crippen molar-refractivity contribution in [3.05, 3.63) is 12.2 Å². The van der Waals surface area contributed by atoms with Crippen molar-refractivity contribution in [3.63, 3.8) is 0 Å². The zero-order valence-corrected chi connectivity index (χ0v) is 12.6. The second-order valence-corrected chi connectivity index (χ2v) is 6.95. The first-order chi connectivity index (χ1) is 9.07. The van der Waals surface area contributed by atoms with Crippen LogP contribution >= 0.6 is 0 Å². The van der Waals surface area contributed by atoms with Crippen molar-refractivity contribution in [2.45, 2.75) is 64.6 Å². The minimum Gasteiger partial charge on any atom is -0.481 e. The van der Waals surface area contributed by atoms with Crippen molar-refractivity contribution in [1.82, 2.24) is 4.90 Å². The van der Waals surface area contributed by atoms with Gasteiger partial charge in [-0.15, -0.1) is 0 Å². The van der Waals surface area contributed by atoms with Crippen LogP contribution in [0.2, 0.25) is 0 Å². The van der Waals surface area contributed by atoms with Crippen LogP contribution in [0.25, 0.3) is 0 Å². The average Bonchev–Trinajstić information content (AvgIpc) is 2.63. The maximum atomic E-state index is 12.4. The van der Waals surface area contributed by atoms with Gasteiger partial charge in [0.2, 0.25) is 0 Å². The summed E-state index contributed by atoms with van der Waals surface area (Å²) in [6.07, 6.45) is 1.63. The smallest absolute Gasteiger partial charge is 0.410 e. The molecule has 0 aromatic heterocycles. The Morgan fingerprint density at radius 1 is 1.40 bits per heavy atom. The zero-order valence-electron chi connectivity index (χ0n) is 12.6. The molecule has 2 aliphatic heterocycles. The zero-order chi connectivity index (χ0) is 15.3. The van der Waals surface area contributed by atoms with Crippen LogP contribution < -0.4 is 0 Å². The van der Waals surface area contributed by atoms with Crippen molar-refractivity contribution in [2.75, 3.05) is 0 Å². The third kappa shape index (κ3) is 2.19. The Balaban J connectivity index is 2.31. The minimum absolute atomic E-state index is 0.0229. The van der Waals surface area contributed by atoms with Gasteiger partial charge in [-0.3, -0.25) is 4.79 Å². The van der Waals surface area contributed by atoms with Gasteiger partial charge in [-0.1, -0.05) is 12.2 Å². The topological polar surface area (TPSA) is 66.8 Å². The Labute approximate surface area is 119 Å². The number of aliphatic carboxylic acids is 1. The number of ether oxygens (including phenoxy) is 1. The molecule has 3 atom stereocenters. The molecule has 2 bridgehead atoms. The molecular weight excluding hydrogens is 258 g/mol. The molecule has 2 fully saturated rings.